The number of benzene rings is 1. The molecule has 1 aromatic carbocycles. The number of esters is 1. The lowest BCUT2D eigenvalue weighted by Gasteiger charge is -2.24. The Morgan fingerprint density at radius 1 is 0.909 bits per heavy atom. The molecule has 0 atom stereocenters. The number of hydrogen-bond acceptors (Lipinski definition) is 2. The lowest BCUT2D eigenvalue weighted by atomic mass is 9.83. The van der Waals surface area contributed by atoms with E-state index in [1.165, 1.54) is 37.7 Å². The monoisotopic (exact) mass is 300 g/mol. The molecule has 0 radical (unpaired) electrons. The number of hydrogen-bond donors (Lipinski definition) is 0. The van der Waals surface area contributed by atoms with Gasteiger partial charge in [-0.3, -0.25) is 4.79 Å². The molecule has 2 aliphatic rings. The second-order valence-electron chi connectivity index (χ2n) is 7.28. The van der Waals surface area contributed by atoms with E-state index in [0.29, 0.717) is 11.7 Å². The highest BCUT2D eigenvalue weighted by molar-refractivity contribution is 5.75. The zero-order valence-corrected chi connectivity index (χ0v) is 13.7. The molecule has 2 nitrogen and oxygen atoms in total. The van der Waals surface area contributed by atoms with Crippen molar-refractivity contribution in [2.45, 2.75) is 70.6 Å². The van der Waals surface area contributed by atoms with Gasteiger partial charge in [-0.05, 0) is 68.1 Å². The first-order chi connectivity index (χ1) is 10.7. The molecule has 0 saturated heterocycles. The second-order valence-corrected chi connectivity index (χ2v) is 7.28. The van der Waals surface area contributed by atoms with Gasteiger partial charge in [0.1, 0.15) is 5.75 Å². The molecule has 120 valence electrons. The van der Waals surface area contributed by atoms with Gasteiger partial charge in [0.25, 0.3) is 0 Å². The molecular weight excluding hydrogens is 272 g/mol. The highest BCUT2D eigenvalue weighted by atomic mass is 16.5. The van der Waals surface area contributed by atoms with Crippen molar-refractivity contribution in [1.82, 2.24) is 0 Å². The van der Waals surface area contributed by atoms with Crippen molar-refractivity contribution in [2.24, 2.45) is 11.8 Å². The van der Waals surface area contributed by atoms with E-state index in [2.05, 4.69) is 19.1 Å². The number of carbonyl (C=O) groups is 1. The summed E-state index contributed by atoms with van der Waals surface area (Å²) in [4.78, 5) is 12.2. The molecule has 2 heteroatoms. The standard InChI is InChI=1S/C20H28O2/c1-15-7-9-18(10-8-15)20(21)22-19-13-11-17(12-14-19)16-5-3-2-4-6-16/h11-16,18H,2-10H2,1H3. The van der Waals surface area contributed by atoms with Crippen molar-refractivity contribution in [3.8, 4) is 5.75 Å². The Morgan fingerprint density at radius 3 is 2.18 bits per heavy atom. The quantitative estimate of drug-likeness (QED) is 0.547. The zero-order chi connectivity index (χ0) is 15.4. The lowest BCUT2D eigenvalue weighted by molar-refractivity contribution is -0.140. The van der Waals surface area contributed by atoms with Crippen LogP contribution in [0, 0.1) is 11.8 Å². The molecule has 22 heavy (non-hydrogen) atoms. The fourth-order valence-corrected chi connectivity index (χ4v) is 3.94. The van der Waals surface area contributed by atoms with Gasteiger partial charge < -0.3 is 4.74 Å². The van der Waals surface area contributed by atoms with Crippen LogP contribution >= 0.6 is 0 Å². The van der Waals surface area contributed by atoms with E-state index < -0.39 is 0 Å². The number of rotatable bonds is 3. The molecule has 1 aromatic rings. The predicted octanol–water partition coefficient (Wildman–Crippen LogP) is 5.47. The maximum atomic E-state index is 12.2. The highest BCUT2D eigenvalue weighted by Crippen LogP contribution is 2.34. The van der Waals surface area contributed by atoms with Gasteiger partial charge in [0, 0.05) is 0 Å². The fraction of sp³-hybridized carbons (Fsp3) is 0.650. The molecule has 0 N–H and O–H groups in total. The third kappa shape index (κ3) is 3.91. The van der Waals surface area contributed by atoms with Gasteiger partial charge in [-0.1, -0.05) is 38.3 Å². The number of ether oxygens (including phenoxy) is 1. The third-order valence-electron chi connectivity index (χ3n) is 5.52. The molecule has 0 spiro atoms. The molecule has 2 saturated carbocycles. The molecule has 0 amide bonds. The summed E-state index contributed by atoms with van der Waals surface area (Å²) in [5, 5.41) is 0. The van der Waals surface area contributed by atoms with E-state index >= 15 is 0 Å². The van der Waals surface area contributed by atoms with E-state index in [4.69, 9.17) is 4.74 Å². The van der Waals surface area contributed by atoms with Crippen molar-refractivity contribution in [3.05, 3.63) is 29.8 Å². The van der Waals surface area contributed by atoms with Crippen LogP contribution in [0.1, 0.15) is 76.2 Å². The van der Waals surface area contributed by atoms with Gasteiger partial charge in [0.05, 0.1) is 5.92 Å². The summed E-state index contributed by atoms with van der Waals surface area (Å²) in [5.74, 6) is 2.26. The van der Waals surface area contributed by atoms with Gasteiger partial charge in [-0.15, -0.1) is 0 Å². The van der Waals surface area contributed by atoms with Crippen LogP contribution in [0.25, 0.3) is 0 Å². The molecule has 0 bridgehead atoms. The van der Waals surface area contributed by atoms with E-state index in [-0.39, 0.29) is 11.9 Å². The van der Waals surface area contributed by atoms with Crippen molar-refractivity contribution in [1.29, 1.82) is 0 Å². The second kappa shape index (κ2) is 7.30. The van der Waals surface area contributed by atoms with Gasteiger partial charge in [0.2, 0.25) is 0 Å². The smallest absolute Gasteiger partial charge is 0.314 e. The van der Waals surface area contributed by atoms with E-state index in [0.717, 1.165) is 31.6 Å². The Labute approximate surface area is 134 Å². The average Bonchev–Trinajstić information content (AvgIpc) is 2.57. The summed E-state index contributed by atoms with van der Waals surface area (Å²) in [6.07, 6.45) is 11.0. The lowest BCUT2D eigenvalue weighted by Crippen LogP contribution is -2.24. The first kappa shape index (κ1) is 15.6. The van der Waals surface area contributed by atoms with Gasteiger partial charge in [-0.2, -0.15) is 0 Å². The topological polar surface area (TPSA) is 26.3 Å². The van der Waals surface area contributed by atoms with Crippen molar-refractivity contribution in [2.75, 3.05) is 0 Å². The van der Waals surface area contributed by atoms with Crippen LogP contribution in [-0.4, -0.2) is 5.97 Å². The SMILES string of the molecule is CC1CCC(C(=O)Oc2ccc(C3CCCCC3)cc2)CC1. The maximum Gasteiger partial charge on any atom is 0.314 e. The van der Waals surface area contributed by atoms with Gasteiger partial charge in [0.15, 0.2) is 0 Å². The maximum absolute atomic E-state index is 12.2. The summed E-state index contributed by atoms with van der Waals surface area (Å²) in [6.45, 7) is 2.27. The first-order valence-electron chi connectivity index (χ1n) is 9.04. The Hall–Kier alpha value is -1.31. The van der Waals surface area contributed by atoms with Crippen molar-refractivity contribution in [3.63, 3.8) is 0 Å². The van der Waals surface area contributed by atoms with Crippen LogP contribution in [0.2, 0.25) is 0 Å². The van der Waals surface area contributed by atoms with Crippen LogP contribution in [0.5, 0.6) is 5.75 Å². The minimum atomic E-state index is -0.0303. The molecule has 0 heterocycles. The zero-order valence-electron chi connectivity index (χ0n) is 13.7. The Balaban J connectivity index is 1.55. The largest absolute Gasteiger partial charge is 0.426 e. The molecule has 3 rings (SSSR count). The Bertz CT molecular complexity index is 477. The molecule has 0 aromatic heterocycles. The fourth-order valence-electron chi connectivity index (χ4n) is 3.94. The van der Waals surface area contributed by atoms with Crippen LogP contribution in [0.15, 0.2) is 24.3 Å². The van der Waals surface area contributed by atoms with Crippen molar-refractivity contribution < 1.29 is 9.53 Å². The third-order valence-corrected chi connectivity index (χ3v) is 5.52. The summed E-state index contributed by atoms with van der Waals surface area (Å²) in [6, 6.07) is 8.27. The number of carbonyl (C=O) groups excluding carboxylic acids is 1. The van der Waals surface area contributed by atoms with Crippen LogP contribution in [0.3, 0.4) is 0 Å². The molecule has 2 aliphatic carbocycles. The molecule has 0 unspecified atom stereocenters. The first-order valence-corrected chi connectivity index (χ1v) is 9.04. The van der Waals surface area contributed by atoms with Crippen LogP contribution < -0.4 is 4.74 Å². The van der Waals surface area contributed by atoms with Crippen molar-refractivity contribution >= 4 is 5.97 Å². The average molecular weight is 300 g/mol. The van der Waals surface area contributed by atoms with Gasteiger partial charge >= 0.3 is 5.97 Å². The minimum absolute atomic E-state index is 0.0303. The predicted molar refractivity (Wildman–Crippen MR) is 89.0 cm³/mol. The Morgan fingerprint density at radius 2 is 1.55 bits per heavy atom. The summed E-state index contributed by atoms with van der Waals surface area (Å²) in [5.41, 5.74) is 1.41. The normalized spacial score (nSPS) is 26.6. The summed E-state index contributed by atoms with van der Waals surface area (Å²) >= 11 is 0. The van der Waals surface area contributed by atoms with E-state index in [1.54, 1.807) is 0 Å². The molecule has 0 aliphatic heterocycles. The summed E-state index contributed by atoms with van der Waals surface area (Å²) < 4.78 is 5.59. The summed E-state index contributed by atoms with van der Waals surface area (Å²) in [7, 11) is 0. The van der Waals surface area contributed by atoms with Gasteiger partial charge in [-0.25, -0.2) is 0 Å². The molecule has 2 fully saturated rings. The van der Waals surface area contributed by atoms with Crippen LogP contribution in [0.4, 0.5) is 0 Å². The highest BCUT2D eigenvalue weighted by Gasteiger charge is 2.26. The van der Waals surface area contributed by atoms with E-state index in [1.807, 2.05) is 12.1 Å². The molecular formula is C20H28O2. The Kier molecular flexibility index (Phi) is 5.17. The van der Waals surface area contributed by atoms with Crippen LogP contribution in [-0.2, 0) is 4.79 Å². The minimum Gasteiger partial charge on any atom is -0.426 e. The van der Waals surface area contributed by atoms with E-state index in [9.17, 15) is 4.79 Å².